The van der Waals surface area contributed by atoms with Crippen LogP contribution in [0.15, 0.2) is 42.5 Å². The summed E-state index contributed by atoms with van der Waals surface area (Å²) < 4.78 is 19.6. The standard InChI is InChI=1S/C23H25FN2O3/c24-19-8-4-3-7-17(19)14-26-20-11-10-18(13-21(20)29-15-23(26)28)25-22(27)12-9-16-5-1-2-6-16/h3-4,7-8,10-11,13,16H,1-2,5-6,9,12,14-15H2,(H,25,27). The van der Waals surface area contributed by atoms with Gasteiger partial charge in [0.15, 0.2) is 6.61 Å². The molecule has 0 radical (unpaired) electrons. The summed E-state index contributed by atoms with van der Waals surface area (Å²) in [5.41, 5.74) is 1.66. The van der Waals surface area contributed by atoms with Gasteiger partial charge in [0, 0.05) is 23.7 Å². The second kappa shape index (κ2) is 8.64. The zero-order chi connectivity index (χ0) is 20.2. The summed E-state index contributed by atoms with van der Waals surface area (Å²) >= 11 is 0. The highest BCUT2D eigenvalue weighted by Gasteiger charge is 2.27. The van der Waals surface area contributed by atoms with Gasteiger partial charge >= 0.3 is 0 Å². The lowest BCUT2D eigenvalue weighted by Crippen LogP contribution is -2.38. The lowest BCUT2D eigenvalue weighted by atomic mass is 10.0. The molecule has 0 spiro atoms. The first-order chi connectivity index (χ1) is 14.1. The Morgan fingerprint density at radius 1 is 1.17 bits per heavy atom. The minimum Gasteiger partial charge on any atom is -0.481 e. The van der Waals surface area contributed by atoms with Crippen molar-refractivity contribution in [2.75, 3.05) is 16.8 Å². The number of hydrogen-bond donors (Lipinski definition) is 1. The molecule has 5 nitrogen and oxygen atoms in total. The summed E-state index contributed by atoms with van der Waals surface area (Å²) in [7, 11) is 0. The number of nitrogens with one attached hydrogen (secondary N) is 1. The SMILES string of the molecule is O=C(CCC1CCCC1)Nc1ccc2c(c1)OCC(=O)N2Cc1ccccc1F. The van der Waals surface area contributed by atoms with E-state index in [-0.39, 0.29) is 30.8 Å². The molecule has 2 amide bonds. The summed E-state index contributed by atoms with van der Waals surface area (Å²) in [6.07, 6.45) is 6.45. The molecule has 6 heteroatoms. The van der Waals surface area contributed by atoms with Crippen molar-refractivity contribution in [2.45, 2.75) is 45.1 Å². The number of rotatable bonds is 6. The number of ether oxygens (including phenoxy) is 1. The Bertz CT molecular complexity index is 909. The van der Waals surface area contributed by atoms with Crippen LogP contribution in [0, 0.1) is 11.7 Å². The van der Waals surface area contributed by atoms with Crippen LogP contribution in [0.25, 0.3) is 0 Å². The van der Waals surface area contributed by atoms with Crippen molar-refractivity contribution in [3.05, 3.63) is 53.8 Å². The van der Waals surface area contributed by atoms with Gasteiger partial charge in [-0.25, -0.2) is 4.39 Å². The van der Waals surface area contributed by atoms with Crippen molar-refractivity contribution in [3.63, 3.8) is 0 Å². The first-order valence-electron chi connectivity index (χ1n) is 10.2. The molecule has 152 valence electrons. The van der Waals surface area contributed by atoms with Crippen molar-refractivity contribution in [1.29, 1.82) is 0 Å². The molecule has 1 saturated carbocycles. The molecule has 1 N–H and O–H groups in total. The quantitative estimate of drug-likeness (QED) is 0.773. The maximum absolute atomic E-state index is 14.0. The van der Waals surface area contributed by atoms with Crippen LogP contribution in [0.1, 0.15) is 44.1 Å². The fourth-order valence-corrected chi connectivity index (χ4v) is 4.11. The molecule has 0 bridgehead atoms. The molecule has 2 aromatic carbocycles. The number of carbonyl (C=O) groups excluding carboxylic acids is 2. The van der Waals surface area contributed by atoms with E-state index in [0.29, 0.717) is 35.0 Å². The van der Waals surface area contributed by atoms with Gasteiger partial charge in [0.1, 0.15) is 11.6 Å². The molecule has 29 heavy (non-hydrogen) atoms. The molecular weight excluding hydrogens is 371 g/mol. The van der Waals surface area contributed by atoms with Gasteiger partial charge in [-0.3, -0.25) is 9.59 Å². The van der Waals surface area contributed by atoms with Gasteiger partial charge in [0.05, 0.1) is 12.2 Å². The highest BCUT2D eigenvalue weighted by atomic mass is 19.1. The van der Waals surface area contributed by atoms with Gasteiger partial charge in [-0.2, -0.15) is 0 Å². The average molecular weight is 396 g/mol. The van der Waals surface area contributed by atoms with Crippen molar-refractivity contribution in [3.8, 4) is 5.75 Å². The fourth-order valence-electron chi connectivity index (χ4n) is 4.11. The first-order valence-corrected chi connectivity index (χ1v) is 10.2. The van der Waals surface area contributed by atoms with Crippen molar-refractivity contribution in [2.24, 2.45) is 5.92 Å². The third kappa shape index (κ3) is 4.58. The minimum absolute atomic E-state index is 0.00746. The second-order valence-corrected chi connectivity index (χ2v) is 7.78. The third-order valence-electron chi connectivity index (χ3n) is 5.73. The first kappa shape index (κ1) is 19.4. The van der Waals surface area contributed by atoms with Crippen LogP contribution in [0.3, 0.4) is 0 Å². The third-order valence-corrected chi connectivity index (χ3v) is 5.73. The summed E-state index contributed by atoms with van der Waals surface area (Å²) in [5.74, 6) is 0.598. The zero-order valence-electron chi connectivity index (χ0n) is 16.3. The topological polar surface area (TPSA) is 58.6 Å². The average Bonchev–Trinajstić information content (AvgIpc) is 3.24. The van der Waals surface area contributed by atoms with Crippen LogP contribution in [0.5, 0.6) is 5.75 Å². The minimum atomic E-state index is -0.348. The Hall–Kier alpha value is -2.89. The van der Waals surface area contributed by atoms with E-state index in [4.69, 9.17) is 4.74 Å². The van der Waals surface area contributed by atoms with Crippen LogP contribution >= 0.6 is 0 Å². The number of hydrogen-bond acceptors (Lipinski definition) is 3. The maximum atomic E-state index is 14.0. The largest absolute Gasteiger partial charge is 0.481 e. The van der Waals surface area contributed by atoms with Gasteiger partial charge < -0.3 is 15.0 Å². The molecular formula is C23H25FN2O3. The van der Waals surface area contributed by atoms with E-state index in [0.717, 1.165) is 6.42 Å². The zero-order valence-corrected chi connectivity index (χ0v) is 16.3. The Kier molecular flexibility index (Phi) is 5.79. The Morgan fingerprint density at radius 2 is 1.97 bits per heavy atom. The van der Waals surface area contributed by atoms with Crippen molar-refractivity contribution in [1.82, 2.24) is 0 Å². The number of carbonyl (C=O) groups is 2. The smallest absolute Gasteiger partial charge is 0.265 e. The summed E-state index contributed by atoms with van der Waals surface area (Å²) in [6, 6.07) is 11.6. The summed E-state index contributed by atoms with van der Waals surface area (Å²) in [4.78, 5) is 26.1. The van der Waals surface area contributed by atoms with Crippen LogP contribution in [0.2, 0.25) is 0 Å². The van der Waals surface area contributed by atoms with Crippen molar-refractivity contribution < 1.29 is 18.7 Å². The van der Waals surface area contributed by atoms with Gasteiger partial charge in [0.2, 0.25) is 5.91 Å². The highest BCUT2D eigenvalue weighted by Crippen LogP contribution is 2.36. The lowest BCUT2D eigenvalue weighted by molar-refractivity contribution is -0.121. The molecule has 1 aliphatic carbocycles. The molecule has 0 aromatic heterocycles. The van der Waals surface area contributed by atoms with E-state index in [9.17, 15) is 14.0 Å². The molecule has 1 fully saturated rings. The number of amides is 2. The van der Waals surface area contributed by atoms with Gasteiger partial charge in [0.25, 0.3) is 5.91 Å². The molecule has 2 aliphatic rings. The van der Waals surface area contributed by atoms with E-state index in [1.54, 1.807) is 36.4 Å². The second-order valence-electron chi connectivity index (χ2n) is 7.78. The van der Waals surface area contributed by atoms with E-state index in [2.05, 4.69) is 5.32 Å². The van der Waals surface area contributed by atoms with Crippen LogP contribution in [0.4, 0.5) is 15.8 Å². The van der Waals surface area contributed by atoms with E-state index >= 15 is 0 Å². The van der Waals surface area contributed by atoms with Crippen molar-refractivity contribution >= 4 is 23.2 Å². The predicted molar refractivity (Wildman–Crippen MR) is 109 cm³/mol. The summed E-state index contributed by atoms with van der Waals surface area (Å²) in [6.45, 7) is 0.0233. The Labute approximate surface area is 169 Å². The van der Waals surface area contributed by atoms with E-state index in [1.165, 1.54) is 36.6 Å². The van der Waals surface area contributed by atoms with Gasteiger partial charge in [-0.05, 0) is 30.5 Å². The Balaban J connectivity index is 1.44. The number of nitrogens with zero attached hydrogens (tertiary/aromatic N) is 1. The van der Waals surface area contributed by atoms with Crippen LogP contribution in [-0.4, -0.2) is 18.4 Å². The molecule has 4 rings (SSSR count). The molecule has 1 heterocycles. The maximum Gasteiger partial charge on any atom is 0.265 e. The predicted octanol–water partition coefficient (Wildman–Crippen LogP) is 4.66. The number of halogens is 1. The molecule has 1 aliphatic heterocycles. The molecule has 2 aromatic rings. The van der Waals surface area contributed by atoms with Crippen LogP contribution in [-0.2, 0) is 16.1 Å². The van der Waals surface area contributed by atoms with E-state index in [1.807, 2.05) is 0 Å². The number of fused-ring (bicyclic) bond motifs is 1. The normalized spacial score (nSPS) is 16.4. The lowest BCUT2D eigenvalue weighted by Gasteiger charge is -2.30. The number of benzene rings is 2. The van der Waals surface area contributed by atoms with Gasteiger partial charge in [-0.1, -0.05) is 43.9 Å². The highest BCUT2D eigenvalue weighted by molar-refractivity contribution is 5.99. The Morgan fingerprint density at radius 3 is 2.76 bits per heavy atom. The van der Waals surface area contributed by atoms with Gasteiger partial charge in [-0.15, -0.1) is 0 Å². The molecule has 0 saturated heterocycles. The monoisotopic (exact) mass is 396 g/mol. The fraction of sp³-hybridized carbons (Fsp3) is 0.391. The summed E-state index contributed by atoms with van der Waals surface area (Å²) in [5, 5.41) is 2.92. The van der Waals surface area contributed by atoms with E-state index < -0.39 is 0 Å². The molecule has 0 unspecified atom stereocenters. The molecule has 0 atom stereocenters. The van der Waals surface area contributed by atoms with Crippen LogP contribution < -0.4 is 15.0 Å². The number of anilines is 2.